The molecule has 1 aromatic carbocycles. The van der Waals surface area contributed by atoms with Crippen molar-refractivity contribution in [3.63, 3.8) is 0 Å². The molecule has 18 heavy (non-hydrogen) atoms. The van der Waals surface area contributed by atoms with Crippen LogP contribution < -0.4 is 10.1 Å². The second-order valence-electron chi connectivity index (χ2n) is 5.42. The van der Waals surface area contributed by atoms with E-state index in [1.807, 2.05) is 6.07 Å². The van der Waals surface area contributed by atoms with Crippen LogP contribution in [-0.2, 0) is 6.54 Å². The van der Waals surface area contributed by atoms with Gasteiger partial charge in [0.25, 0.3) is 0 Å². The molecule has 2 heteroatoms. The molecule has 1 N–H and O–H groups in total. The lowest BCUT2D eigenvalue weighted by atomic mass is 9.84. The fourth-order valence-electron chi connectivity index (χ4n) is 2.86. The van der Waals surface area contributed by atoms with E-state index in [9.17, 15) is 0 Å². The van der Waals surface area contributed by atoms with Crippen LogP contribution in [-0.4, -0.2) is 13.2 Å². The van der Waals surface area contributed by atoms with Gasteiger partial charge in [-0.05, 0) is 43.4 Å². The van der Waals surface area contributed by atoms with E-state index in [-0.39, 0.29) is 0 Å². The molecule has 0 radical (unpaired) electrons. The predicted molar refractivity (Wildman–Crippen MR) is 75.9 cm³/mol. The van der Waals surface area contributed by atoms with Crippen molar-refractivity contribution in [2.24, 2.45) is 5.92 Å². The van der Waals surface area contributed by atoms with Crippen molar-refractivity contribution in [1.29, 1.82) is 0 Å². The summed E-state index contributed by atoms with van der Waals surface area (Å²) in [6.07, 6.45) is 7.04. The third-order valence-corrected chi connectivity index (χ3v) is 4.12. The summed E-state index contributed by atoms with van der Waals surface area (Å²) in [7, 11) is 1.72. The molecule has 0 heterocycles. The summed E-state index contributed by atoms with van der Waals surface area (Å²) >= 11 is 0. The van der Waals surface area contributed by atoms with Crippen LogP contribution in [0.4, 0.5) is 0 Å². The number of methoxy groups -OCH3 is 1. The quantitative estimate of drug-likeness (QED) is 0.855. The van der Waals surface area contributed by atoms with Crippen LogP contribution in [0, 0.1) is 5.92 Å². The van der Waals surface area contributed by atoms with Gasteiger partial charge < -0.3 is 10.1 Å². The fraction of sp³-hybridized carbons (Fsp3) is 0.625. The Morgan fingerprint density at radius 1 is 1.28 bits per heavy atom. The maximum absolute atomic E-state index is 5.25. The van der Waals surface area contributed by atoms with E-state index in [1.165, 1.54) is 37.7 Å². The largest absolute Gasteiger partial charge is 0.497 e. The van der Waals surface area contributed by atoms with E-state index < -0.39 is 0 Å². The molecule has 2 rings (SSSR count). The van der Waals surface area contributed by atoms with E-state index in [2.05, 4.69) is 30.4 Å². The molecule has 0 unspecified atom stereocenters. The molecule has 0 aromatic heterocycles. The lowest BCUT2D eigenvalue weighted by Crippen LogP contribution is -2.34. The molecule has 1 aromatic rings. The first-order valence-electron chi connectivity index (χ1n) is 7.16. The topological polar surface area (TPSA) is 21.3 Å². The first kappa shape index (κ1) is 13.4. The van der Waals surface area contributed by atoms with Gasteiger partial charge in [0, 0.05) is 12.6 Å². The van der Waals surface area contributed by atoms with Gasteiger partial charge in [0.2, 0.25) is 0 Å². The van der Waals surface area contributed by atoms with E-state index in [1.54, 1.807) is 7.11 Å². The normalized spacial score (nSPS) is 18.6. The number of benzene rings is 1. The number of nitrogens with one attached hydrogen (secondary N) is 1. The Kier molecular flexibility index (Phi) is 5.06. The molecule has 1 fully saturated rings. The number of hydrogen-bond acceptors (Lipinski definition) is 2. The second kappa shape index (κ2) is 6.79. The SMILES string of the molecule is COc1cccc(CN[C@H](C)C2CCCCC2)c1. The molecule has 2 nitrogen and oxygen atoms in total. The van der Waals surface area contributed by atoms with Crippen molar-refractivity contribution in [1.82, 2.24) is 5.32 Å². The molecular formula is C16H25NO. The zero-order valence-electron chi connectivity index (χ0n) is 11.6. The lowest BCUT2D eigenvalue weighted by molar-refractivity contribution is 0.280. The van der Waals surface area contributed by atoms with Crippen molar-refractivity contribution in [3.8, 4) is 5.75 Å². The van der Waals surface area contributed by atoms with Crippen molar-refractivity contribution in [2.45, 2.75) is 51.6 Å². The Morgan fingerprint density at radius 2 is 2.06 bits per heavy atom. The molecule has 1 saturated carbocycles. The summed E-state index contributed by atoms with van der Waals surface area (Å²) < 4.78 is 5.25. The van der Waals surface area contributed by atoms with Crippen molar-refractivity contribution in [2.75, 3.05) is 7.11 Å². The van der Waals surface area contributed by atoms with Crippen LogP contribution in [0.3, 0.4) is 0 Å². The minimum absolute atomic E-state index is 0.622. The van der Waals surface area contributed by atoms with Gasteiger partial charge in [-0.2, -0.15) is 0 Å². The predicted octanol–water partition coefficient (Wildman–Crippen LogP) is 3.75. The molecule has 0 bridgehead atoms. The zero-order chi connectivity index (χ0) is 12.8. The molecule has 0 saturated heterocycles. The van der Waals surface area contributed by atoms with E-state index >= 15 is 0 Å². The maximum atomic E-state index is 5.25. The first-order valence-corrected chi connectivity index (χ1v) is 7.16. The van der Waals surface area contributed by atoms with Crippen molar-refractivity contribution < 1.29 is 4.74 Å². The van der Waals surface area contributed by atoms with Gasteiger partial charge in [0.05, 0.1) is 7.11 Å². The zero-order valence-corrected chi connectivity index (χ0v) is 11.6. The minimum Gasteiger partial charge on any atom is -0.497 e. The highest BCUT2D eigenvalue weighted by molar-refractivity contribution is 5.28. The molecule has 1 aliphatic carbocycles. The van der Waals surface area contributed by atoms with E-state index in [0.717, 1.165) is 18.2 Å². The van der Waals surface area contributed by atoms with Gasteiger partial charge in [-0.3, -0.25) is 0 Å². The van der Waals surface area contributed by atoms with E-state index in [4.69, 9.17) is 4.74 Å². The molecule has 0 aliphatic heterocycles. The molecule has 0 amide bonds. The average molecular weight is 247 g/mol. The van der Waals surface area contributed by atoms with Crippen LogP contribution in [0.15, 0.2) is 24.3 Å². The summed E-state index contributed by atoms with van der Waals surface area (Å²) in [5.74, 6) is 1.81. The second-order valence-corrected chi connectivity index (χ2v) is 5.42. The summed E-state index contributed by atoms with van der Waals surface area (Å²) in [6.45, 7) is 3.27. The molecule has 100 valence electrons. The van der Waals surface area contributed by atoms with Crippen LogP contribution in [0.1, 0.15) is 44.6 Å². The summed E-state index contributed by atoms with van der Waals surface area (Å²) in [5.41, 5.74) is 1.30. The van der Waals surface area contributed by atoms with Gasteiger partial charge in [-0.15, -0.1) is 0 Å². The molecule has 1 aliphatic rings. The van der Waals surface area contributed by atoms with Gasteiger partial charge >= 0.3 is 0 Å². The molecule has 1 atom stereocenters. The third kappa shape index (κ3) is 3.74. The monoisotopic (exact) mass is 247 g/mol. The smallest absolute Gasteiger partial charge is 0.119 e. The van der Waals surface area contributed by atoms with Crippen molar-refractivity contribution in [3.05, 3.63) is 29.8 Å². The minimum atomic E-state index is 0.622. The van der Waals surface area contributed by atoms with Crippen LogP contribution in [0.5, 0.6) is 5.75 Å². The van der Waals surface area contributed by atoms with Crippen LogP contribution >= 0.6 is 0 Å². The third-order valence-electron chi connectivity index (χ3n) is 4.12. The highest BCUT2D eigenvalue weighted by Crippen LogP contribution is 2.26. The Labute approximate surface area is 111 Å². The summed E-state index contributed by atoms with van der Waals surface area (Å²) in [6, 6.07) is 8.94. The Morgan fingerprint density at radius 3 is 2.78 bits per heavy atom. The molecular weight excluding hydrogens is 222 g/mol. The van der Waals surface area contributed by atoms with Gasteiger partial charge in [0.1, 0.15) is 5.75 Å². The van der Waals surface area contributed by atoms with Crippen LogP contribution in [0.25, 0.3) is 0 Å². The Bertz CT molecular complexity index is 358. The van der Waals surface area contributed by atoms with Gasteiger partial charge in [0.15, 0.2) is 0 Å². The fourth-order valence-corrected chi connectivity index (χ4v) is 2.86. The van der Waals surface area contributed by atoms with Gasteiger partial charge in [-0.1, -0.05) is 31.4 Å². The standard InChI is InChI=1S/C16H25NO/c1-13(15-8-4-3-5-9-15)17-12-14-7-6-10-16(11-14)18-2/h6-7,10-11,13,15,17H,3-5,8-9,12H2,1-2H3/t13-/m1/s1. The summed E-state index contributed by atoms with van der Waals surface area (Å²) in [5, 5.41) is 3.66. The Balaban J connectivity index is 1.82. The lowest BCUT2D eigenvalue weighted by Gasteiger charge is -2.28. The highest BCUT2D eigenvalue weighted by Gasteiger charge is 2.19. The highest BCUT2D eigenvalue weighted by atomic mass is 16.5. The number of rotatable bonds is 5. The van der Waals surface area contributed by atoms with Gasteiger partial charge in [-0.25, -0.2) is 0 Å². The van der Waals surface area contributed by atoms with E-state index in [0.29, 0.717) is 6.04 Å². The van der Waals surface area contributed by atoms with Crippen molar-refractivity contribution >= 4 is 0 Å². The number of hydrogen-bond donors (Lipinski definition) is 1. The Hall–Kier alpha value is -1.02. The number of ether oxygens (including phenoxy) is 1. The first-order chi connectivity index (χ1) is 8.79. The average Bonchev–Trinajstić information content (AvgIpc) is 2.46. The molecule has 0 spiro atoms. The maximum Gasteiger partial charge on any atom is 0.119 e. The van der Waals surface area contributed by atoms with Crippen LogP contribution in [0.2, 0.25) is 0 Å². The summed E-state index contributed by atoms with van der Waals surface area (Å²) in [4.78, 5) is 0.